The molecule has 1 aliphatic rings. The zero-order chi connectivity index (χ0) is 15.0. The molecule has 0 spiro atoms. The first kappa shape index (κ1) is 16.2. The Hall–Kier alpha value is -1.18. The molecule has 2 rings (SSSR count). The van der Waals surface area contributed by atoms with Gasteiger partial charge in [0, 0.05) is 23.4 Å². The highest BCUT2D eigenvalue weighted by atomic mass is 32.2. The van der Waals surface area contributed by atoms with Gasteiger partial charge in [0.25, 0.3) is 0 Å². The van der Waals surface area contributed by atoms with Gasteiger partial charge in [0.05, 0.1) is 0 Å². The van der Waals surface area contributed by atoms with Crippen molar-refractivity contribution >= 4 is 11.8 Å². The van der Waals surface area contributed by atoms with Gasteiger partial charge in [0.2, 0.25) is 0 Å². The van der Waals surface area contributed by atoms with Crippen LogP contribution in [0.25, 0.3) is 0 Å². The molecule has 1 N–H and O–H groups in total. The molecule has 1 aliphatic carbocycles. The monoisotopic (exact) mass is 304 g/mol. The van der Waals surface area contributed by atoms with Crippen LogP contribution < -0.4 is 10.1 Å². The molecular formula is C17H24N2OS. The lowest BCUT2D eigenvalue weighted by molar-refractivity contribution is 0.357. The second-order valence-electron chi connectivity index (χ2n) is 5.61. The number of nitriles is 1. The van der Waals surface area contributed by atoms with E-state index in [-0.39, 0.29) is 6.61 Å². The SMILES string of the molecule is CSC1(CNCc2ccccc2OCC#N)CCCCC1. The minimum absolute atomic E-state index is 0.103. The van der Waals surface area contributed by atoms with Crippen LogP contribution in [0.3, 0.4) is 0 Å². The summed E-state index contributed by atoms with van der Waals surface area (Å²) in [4.78, 5) is 0. The van der Waals surface area contributed by atoms with Crippen LogP contribution in [0.5, 0.6) is 5.75 Å². The summed E-state index contributed by atoms with van der Waals surface area (Å²) >= 11 is 2.01. The number of benzene rings is 1. The van der Waals surface area contributed by atoms with Crippen LogP contribution in [0.15, 0.2) is 24.3 Å². The standard InChI is InChI=1S/C17H24N2OS/c1-21-17(9-5-2-6-10-17)14-19-13-15-7-3-4-8-16(15)20-12-11-18/h3-4,7-8,19H,2,5-6,9-10,12-14H2,1H3. The second-order valence-corrected chi connectivity index (χ2v) is 6.88. The van der Waals surface area contributed by atoms with Crippen molar-refractivity contribution in [1.29, 1.82) is 5.26 Å². The zero-order valence-electron chi connectivity index (χ0n) is 12.7. The first-order valence-corrected chi connectivity index (χ1v) is 8.86. The third-order valence-electron chi connectivity index (χ3n) is 4.23. The third kappa shape index (κ3) is 4.66. The number of ether oxygens (including phenoxy) is 1. The largest absolute Gasteiger partial charge is 0.478 e. The van der Waals surface area contributed by atoms with Gasteiger partial charge >= 0.3 is 0 Å². The smallest absolute Gasteiger partial charge is 0.174 e. The average molecular weight is 304 g/mol. The molecule has 114 valence electrons. The fourth-order valence-electron chi connectivity index (χ4n) is 2.97. The summed E-state index contributed by atoms with van der Waals surface area (Å²) in [6.07, 6.45) is 8.94. The summed E-state index contributed by atoms with van der Waals surface area (Å²) in [7, 11) is 0. The van der Waals surface area contributed by atoms with Crippen LogP contribution >= 0.6 is 11.8 Å². The van der Waals surface area contributed by atoms with Gasteiger partial charge in [-0.1, -0.05) is 37.5 Å². The molecule has 0 amide bonds. The van der Waals surface area contributed by atoms with Gasteiger partial charge in [-0.3, -0.25) is 0 Å². The molecule has 1 aromatic carbocycles. The summed E-state index contributed by atoms with van der Waals surface area (Å²) in [5.41, 5.74) is 1.12. The molecule has 0 bridgehead atoms. The summed E-state index contributed by atoms with van der Waals surface area (Å²) in [6, 6.07) is 9.97. The predicted molar refractivity (Wildman–Crippen MR) is 88.6 cm³/mol. The number of thioether (sulfide) groups is 1. The quantitative estimate of drug-likeness (QED) is 0.833. The molecule has 1 fully saturated rings. The van der Waals surface area contributed by atoms with Gasteiger partial charge in [-0.05, 0) is 25.2 Å². The Balaban J connectivity index is 1.89. The summed E-state index contributed by atoms with van der Waals surface area (Å²) in [5.74, 6) is 0.813. The van der Waals surface area contributed by atoms with E-state index in [2.05, 4.69) is 17.6 Å². The number of nitrogens with one attached hydrogen (secondary N) is 1. The zero-order valence-corrected chi connectivity index (χ0v) is 13.5. The average Bonchev–Trinajstić information content (AvgIpc) is 2.55. The van der Waals surface area contributed by atoms with Crippen LogP contribution in [0.2, 0.25) is 0 Å². The number of hydrogen-bond acceptors (Lipinski definition) is 4. The van der Waals surface area contributed by atoms with Gasteiger partial charge < -0.3 is 10.1 Å². The van der Waals surface area contributed by atoms with Gasteiger partial charge in [-0.2, -0.15) is 17.0 Å². The van der Waals surface area contributed by atoms with Crippen molar-refractivity contribution in [2.45, 2.75) is 43.4 Å². The highest BCUT2D eigenvalue weighted by Crippen LogP contribution is 2.38. The third-order valence-corrected chi connectivity index (χ3v) is 5.64. The number of rotatable bonds is 7. The molecule has 1 aromatic rings. The van der Waals surface area contributed by atoms with Gasteiger partial charge in [0.15, 0.2) is 6.61 Å². The van der Waals surface area contributed by atoms with Crippen LogP contribution in [0, 0.1) is 11.3 Å². The Morgan fingerprint density at radius 2 is 2.05 bits per heavy atom. The van der Waals surface area contributed by atoms with Gasteiger partial charge in [-0.25, -0.2) is 0 Å². The molecule has 4 heteroatoms. The lowest BCUT2D eigenvalue weighted by Gasteiger charge is -2.36. The normalized spacial score (nSPS) is 17.1. The highest BCUT2D eigenvalue weighted by molar-refractivity contribution is 8.00. The molecule has 0 unspecified atom stereocenters. The Bertz CT molecular complexity index is 478. The van der Waals surface area contributed by atoms with Crippen LogP contribution in [-0.4, -0.2) is 24.2 Å². The molecule has 0 saturated heterocycles. The maximum absolute atomic E-state index is 8.64. The summed E-state index contributed by atoms with van der Waals surface area (Å²) < 4.78 is 5.88. The number of hydrogen-bond donors (Lipinski definition) is 1. The number of para-hydroxylation sites is 1. The first-order chi connectivity index (χ1) is 10.3. The Morgan fingerprint density at radius 3 is 2.76 bits per heavy atom. The van der Waals surface area contributed by atoms with E-state index in [1.54, 1.807) is 0 Å². The maximum Gasteiger partial charge on any atom is 0.174 e. The molecule has 0 atom stereocenters. The molecule has 0 radical (unpaired) electrons. The Morgan fingerprint density at radius 1 is 1.29 bits per heavy atom. The van der Waals surface area contributed by atoms with Crippen molar-refractivity contribution in [3.05, 3.63) is 29.8 Å². The first-order valence-electron chi connectivity index (χ1n) is 7.63. The van der Waals surface area contributed by atoms with E-state index < -0.39 is 0 Å². The fraction of sp³-hybridized carbons (Fsp3) is 0.588. The minimum atomic E-state index is 0.103. The maximum atomic E-state index is 8.64. The van der Waals surface area contributed by atoms with E-state index in [1.807, 2.05) is 36.0 Å². The molecule has 0 aromatic heterocycles. The van der Waals surface area contributed by atoms with Crippen molar-refractivity contribution < 1.29 is 4.74 Å². The predicted octanol–water partition coefficient (Wildman–Crippen LogP) is 3.74. The van der Waals surface area contributed by atoms with Crippen LogP contribution in [0.1, 0.15) is 37.7 Å². The van der Waals surface area contributed by atoms with Gasteiger partial charge in [-0.15, -0.1) is 0 Å². The highest BCUT2D eigenvalue weighted by Gasteiger charge is 2.30. The summed E-state index contributed by atoms with van der Waals surface area (Å²) in [6.45, 7) is 1.94. The van der Waals surface area contributed by atoms with E-state index in [1.165, 1.54) is 32.1 Å². The van der Waals surface area contributed by atoms with Crippen molar-refractivity contribution in [3.63, 3.8) is 0 Å². The van der Waals surface area contributed by atoms with E-state index >= 15 is 0 Å². The van der Waals surface area contributed by atoms with Crippen molar-refractivity contribution in [3.8, 4) is 11.8 Å². The van der Waals surface area contributed by atoms with E-state index in [0.29, 0.717) is 4.75 Å². The number of nitrogens with zero attached hydrogens (tertiary/aromatic N) is 1. The van der Waals surface area contributed by atoms with E-state index in [0.717, 1.165) is 24.4 Å². The lowest BCUT2D eigenvalue weighted by atomic mass is 9.88. The van der Waals surface area contributed by atoms with Gasteiger partial charge in [0.1, 0.15) is 11.8 Å². The van der Waals surface area contributed by atoms with Crippen molar-refractivity contribution in [2.75, 3.05) is 19.4 Å². The van der Waals surface area contributed by atoms with Crippen LogP contribution in [0.4, 0.5) is 0 Å². The molecule has 0 heterocycles. The molecule has 0 aliphatic heterocycles. The fourth-order valence-corrected chi connectivity index (χ4v) is 3.92. The van der Waals surface area contributed by atoms with E-state index in [9.17, 15) is 0 Å². The molecule has 3 nitrogen and oxygen atoms in total. The second kappa shape index (κ2) is 8.31. The molecule has 1 saturated carbocycles. The Kier molecular flexibility index (Phi) is 6.41. The Labute approximate surface area is 132 Å². The topological polar surface area (TPSA) is 45.0 Å². The van der Waals surface area contributed by atoms with E-state index in [4.69, 9.17) is 10.00 Å². The van der Waals surface area contributed by atoms with Crippen molar-refractivity contribution in [1.82, 2.24) is 5.32 Å². The molecule has 21 heavy (non-hydrogen) atoms. The lowest BCUT2D eigenvalue weighted by Crippen LogP contribution is -2.39. The van der Waals surface area contributed by atoms with Crippen molar-refractivity contribution in [2.24, 2.45) is 0 Å². The summed E-state index contributed by atoms with van der Waals surface area (Å²) in [5, 5.41) is 12.2. The molecular weight excluding hydrogens is 280 g/mol. The van der Waals surface area contributed by atoms with Crippen LogP contribution in [-0.2, 0) is 6.54 Å². The minimum Gasteiger partial charge on any atom is -0.478 e.